The molecule has 0 aromatic carbocycles. The van der Waals surface area contributed by atoms with Crippen LogP contribution < -0.4 is 0 Å². The first-order valence-corrected chi connectivity index (χ1v) is 24.6. The maximum absolute atomic E-state index is 12.8. The Morgan fingerprint density at radius 2 is 0.902 bits per heavy atom. The number of phosphoric ester groups is 1. The Bertz CT molecular complexity index is 1300. The van der Waals surface area contributed by atoms with Gasteiger partial charge in [0, 0.05) is 12.8 Å². The molecule has 0 aromatic heterocycles. The van der Waals surface area contributed by atoms with Crippen molar-refractivity contribution in [3.05, 3.63) is 60.8 Å². The summed E-state index contributed by atoms with van der Waals surface area (Å²) in [6.45, 7) is 3.20. The Morgan fingerprint density at radius 3 is 1.43 bits per heavy atom. The van der Waals surface area contributed by atoms with Gasteiger partial charge >= 0.3 is 19.8 Å². The monoisotopic (exact) mass is 885 g/mol. The van der Waals surface area contributed by atoms with Crippen LogP contribution in [0.4, 0.5) is 0 Å². The summed E-state index contributed by atoms with van der Waals surface area (Å²) in [4.78, 5) is 35.7. The molecule has 1 rings (SSSR count). The maximum atomic E-state index is 12.8. The first-order valence-electron chi connectivity index (χ1n) is 23.1. The molecule has 6 unspecified atom stereocenters. The average molecular weight is 885 g/mol. The number of unbranched alkanes of at least 4 members (excludes halogenated alkanes) is 15. The summed E-state index contributed by atoms with van der Waals surface area (Å²) < 4.78 is 33.4. The normalized spacial score (nSPS) is 22.6. The molecular weight excluding hydrogens is 803 g/mol. The van der Waals surface area contributed by atoms with E-state index in [1.165, 1.54) is 57.8 Å². The number of carbonyl (C=O) groups excluding carboxylic acids is 2. The second-order valence-electron chi connectivity index (χ2n) is 15.9. The molecule has 0 radical (unpaired) electrons. The number of allylic oxidation sites excluding steroid dienone is 10. The molecular formula is C47H81O13P. The van der Waals surface area contributed by atoms with Gasteiger partial charge < -0.3 is 39.9 Å². The molecule has 1 aliphatic carbocycles. The van der Waals surface area contributed by atoms with Crippen LogP contribution in [-0.4, -0.2) is 98.3 Å². The fourth-order valence-corrected chi connectivity index (χ4v) is 7.54. The topological polar surface area (TPSA) is 210 Å². The van der Waals surface area contributed by atoms with E-state index in [9.17, 15) is 44.6 Å². The molecule has 61 heavy (non-hydrogen) atoms. The second kappa shape index (κ2) is 37.0. The fourth-order valence-electron chi connectivity index (χ4n) is 6.57. The molecule has 1 saturated carbocycles. The van der Waals surface area contributed by atoms with E-state index in [4.69, 9.17) is 18.5 Å². The highest BCUT2D eigenvalue weighted by atomic mass is 31.2. The Balaban J connectivity index is 2.52. The van der Waals surface area contributed by atoms with Crippen LogP contribution in [0.15, 0.2) is 60.8 Å². The number of aliphatic hydroxyl groups is 5. The third-order valence-corrected chi connectivity index (χ3v) is 11.3. The minimum absolute atomic E-state index is 0.0197. The Hall–Kier alpha value is -2.45. The standard InChI is InChI=1S/C47H81O13P/c1-3-5-7-9-11-13-15-17-19-20-22-24-26-28-30-32-34-36-41(49)59-39(38-58-61(55,56)60-47-45(53)43(51)42(50)44(52)46(47)54)37-57-40(48)35-33-31-29-27-25-23-21-18-16-14-12-10-8-6-4-2/h12,14,17-19,21-22,24,28,30,39,42-47,50-54H,3-11,13,15-16,20,23,25-27,29,31-38H2,1-2H3,(H,55,56)/b14-12+,19-17+,21-18+,24-22+,30-28+/t39-,42?,43+,44?,45?,46?,47?/m1/s1. The van der Waals surface area contributed by atoms with Crippen molar-refractivity contribution in [2.75, 3.05) is 13.2 Å². The molecule has 352 valence electrons. The lowest BCUT2D eigenvalue weighted by atomic mass is 9.85. The number of ether oxygens (including phenoxy) is 2. The van der Waals surface area contributed by atoms with Crippen LogP contribution in [0.3, 0.4) is 0 Å². The third-order valence-electron chi connectivity index (χ3n) is 10.3. The highest BCUT2D eigenvalue weighted by molar-refractivity contribution is 7.47. The van der Waals surface area contributed by atoms with Gasteiger partial charge in [-0.05, 0) is 77.0 Å². The number of phosphoric acid groups is 1. The number of esters is 2. The van der Waals surface area contributed by atoms with Gasteiger partial charge in [0.15, 0.2) is 6.10 Å². The van der Waals surface area contributed by atoms with Gasteiger partial charge in [0.1, 0.15) is 43.2 Å². The van der Waals surface area contributed by atoms with Crippen LogP contribution in [0.1, 0.15) is 168 Å². The number of rotatable bonds is 37. The van der Waals surface area contributed by atoms with Crippen molar-refractivity contribution in [2.45, 2.75) is 211 Å². The zero-order valence-corrected chi connectivity index (χ0v) is 38.1. The molecule has 0 aliphatic heterocycles. The van der Waals surface area contributed by atoms with E-state index in [2.05, 4.69) is 62.5 Å². The average Bonchev–Trinajstić information content (AvgIpc) is 3.24. The van der Waals surface area contributed by atoms with Gasteiger partial charge in [-0.15, -0.1) is 0 Å². The number of aliphatic hydroxyl groups excluding tert-OH is 5. The summed E-state index contributed by atoms with van der Waals surface area (Å²) >= 11 is 0. The summed E-state index contributed by atoms with van der Waals surface area (Å²) in [5.74, 6) is -1.18. The van der Waals surface area contributed by atoms with Gasteiger partial charge in [-0.1, -0.05) is 139 Å². The lowest BCUT2D eigenvalue weighted by Crippen LogP contribution is -2.64. The largest absolute Gasteiger partial charge is 0.472 e. The summed E-state index contributed by atoms with van der Waals surface area (Å²) in [5, 5.41) is 50.1. The zero-order valence-electron chi connectivity index (χ0n) is 37.2. The van der Waals surface area contributed by atoms with Crippen LogP contribution in [0.2, 0.25) is 0 Å². The van der Waals surface area contributed by atoms with E-state index in [0.29, 0.717) is 19.3 Å². The number of hydrogen-bond acceptors (Lipinski definition) is 12. The first-order chi connectivity index (χ1) is 29.4. The minimum Gasteiger partial charge on any atom is -0.462 e. The predicted molar refractivity (Wildman–Crippen MR) is 239 cm³/mol. The maximum Gasteiger partial charge on any atom is 0.472 e. The van der Waals surface area contributed by atoms with E-state index >= 15 is 0 Å². The first kappa shape index (κ1) is 56.6. The molecule has 0 saturated heterocycles. The molecule has 1 fully saturated rings. The van der Waals surface area contributed by atoms with Crippen molar-refractivity contribution in [1.82, 2.24) is 0 Å². The van der Waals surface area contributed by atoms with E-state index in [1.807, 2.05) is 12.2 Å². The van der Waals surface area contributed by atoms with Gasteiger partial charge in [0.25, 0.3) is 0 Å². The van der Waals surface area contributed by atoms with Crippen LogP contribution >= 0.6 is 7.82 Å². The van der Waals surface area contributed by atoms with Gasteiger partial charge in [-0.2, -0.15) is 0 Å². The van der Waals surface area contributed by atoms with Crippen molar-refractivity contribution in [2.24, 2.45) is 0 Å². The smallest absolute Gasteiger partial charge is 0.462 e. The van der Waals surface area contributed by atoms with Gasteiger partial charge in [0.05, 0.1) is 6.61 Å². The van der Waals surface area contributed by atoms with Crippen molar-refractivity contribution in [3.8, 4) is 0 Å². The third kappa shape index (κ3) is 29.5. The fraction of sp³-hybridized carbons (Fsp3) is 0.745. The highest BCUT2D eigenvalue weighted by Gasteiger charge is 2.51. The quantitative estimate of drug-likeness (QED) is 0.0149. The predicted octanol–water partition coefficient (Wildman–Crippen LogP) is 8.94. The summed E-state index contributed by atoms with van der Waals surface area (Å²) in [6.07, 6.45) is 31.4. The SMILES string of the molecule is CCCCC/C=C/C/C=C/CCCCCCCC(=O)OC[C@H](COP(=O)(O)OC1C(O)C(O)C(O)[C@H](O)C1O)OC(=O)CCC/C=C/C/C=C/C/C=C/CCCCCCCC. The van der Waals surface area contributed by atoms with E-state index in [0.717, 1.165) is 64.2 Å². The van der Waals surface area contributed by atoms with E-state index in [1.54, 1.807) is 0 Å². The molecule has 0 aromatic rings. The lowest BCUT2D eigenvalue weighted by Gasteiger charge is -2.41. The van der Waals surface area contributed by atoms with Crippen molar-refractivity contribution in [3.63, 3.8) is 0 Å². The Morgan fingerprint density at radius 1 is 0.508 bits per heavy atom. The lowest BCUT2D eigenvalue weighted by molar-refractivity contribution is -0.220. The highest BCUT2D eigenvalue weighted by Crippen LogP contribution is 2.47. The van der Waals surface area contributed by atoms with Crippen molar-refractivity contribution < 1.29 is 63.1 Å². The number of carbonyl (C=O) groups is 2. The molecule has 13 nitrogen and oxygen atoms in total. The molecule has 0 spiro atoms. The van der Waals surface area contributed by atoms with Gasteiger partial charge in [-0.3, -0.25) is 18.6 Å². The molecule has 6 N–H and O–H groups in total. The van der Waals surface area contributed by atoms with Crippen LogP contribution in [0.25, 0.3) is 0 Å². The van der Waals surface area contributed by atoms with E-state index in [-0.39, 0.29) is 12.8 Å². The molecule has 0 heterocycles. The van der Waals surface area contributed by atoms with Crippen LogP contribution in [-0.2, 0) is 32.7 Å². The van der Waals surface area contributed by atoms with Crippen LogP contribution in [0, 0.1) is 0 Å². The molecule has 1 aliphatic rings. The Kier molecular flexibility index (Phi) is 34.3. The van der Waals surface area contributed by atoms with Crippen molar-refractivity contribution >= 4 is 19.8 Å². The molecule has 8 atom stereocenters. The summed E-state index contributed by atoms with van der Waals surface area (Å²) in [6, 6.07) is 0. The van der Waals surface area contributed by atoms with Gasteiger partial charge in [-0.25, -0.2) is 4.57 Å². The van der Waals surface area contributed by atoms with Crippen molar-refractivity contribution in [1.29, 1.82) is 0 Å². The second-order valence-corrected chi connectivity index (χ2v) is 17.3. The summed E-state index contributed by atoms with van der Waals surface area (Å²) in [5.41, 5.74) is 0. The Labute approximate surface area is 366 Å². The van der Waals surface area contributed by atoms with E-state index < -0.39 is 75.7 Å². The molecule has 0 bridgehead atoms. The minimum atomic E-state index is -5.14. The molecule has 0 amide bonds. The zero-order chi connectivity index (χ0) is 45.0. The van der Waals surface area contributed by atoms with Crippen LogP contribution in [0.5, 0.6) is 0 Å². The summed E-state index contributed by atoms with van der Waals surface area (Å²) in [7, 11) is -5.14. The number of hydrogen-bond donors (Lipinski definition) is 6. The van der Waals surface area contributed by atoms with Gasteiger partial charge in [0.2, 0.25) is 0 Å². The molecule has 14 heteroatoms.